The molecule has 0 radical (unpaired) electrons. The highest BCUT2D eigenvalue weighted by Crippen LogP contribution is 2.22. The summed E-state index contributed by atoms with van der Waals surface area (Å²) >= 11 is 0. The predicted octanol–water partition coefficient (Wildman–Crippen LogP) is 1.05. The lowest BCUT2D eigenvalue weighted by Crippen LogP contribution is -2.54. The molecule has 0 saturated carbocycles. The molecule has 42 heavy (non-hydrogen) atoms. The van der Waals surface area contributed by atoms with Crippen LogP contribution in [0, 0.1) is 5.41 Å². The highest BCUT2D eigenvalue weighted by molar-refractivity contribution is 5.95. The normalized spacial score (nSPS) is 12.8. The van der Waals surface area contributed by atoms with Gasteiger partial charge in [-0.1, -0.05) is 84.9 Å². The number of amidine groups is 1. The van der Waals surface area contributed by atoms with Crippen molar-refractivity contribution < 1.29 is 14.4 Å². The molecule has 3 aromatic carbocycles. The van der Waals surface area contributed by atoms with Gasteiger partial charge < -0.3 is 33.6 Å². The zero-order valence-corrected chi connectivity index (χ0v) is 23.3. The van der Waals surface area contributed by atoms with E-state index >= 15 is 0 Å². The minimum absolute atomic E-state index is 0.0424. The Hall–Kier alpha value is -5.19. The molecule has 11 nitrogen and oxygen atoms in total. The number of guanidine groups is 1. The third kappa shape index (κ3) is 9.77. The number of benzene rings is 3. The number of primary amides is 1. The molecule has 11 heteroatoms. The Bertz CT molecular complexity index is 1370. The van der Waals surface area contributed by atoms with Gasteiger partial charge in [-0.05, 0) is 36.0 Å². The van der Waals surface area contributed by atoms with Gasteiger partial charge in [0.15, 0.2) is 5.96 Å². The Balaban J connectivity index is 1.84. The molecule has 0 unspecified atom stereocenters. The van der Waals surface area contributed by atoms with Crippen LogP contribution in [0.3, 0.4) is 0 Å². The first-order chi connectivity index (χ1) is 20.1. The largest absolute Gasteiger partial charge is 0.384 e. The molecule has 0 aliphatic rings. The van der Waals surface area contributed by atoms with Crippen molar-refractivity contribution in [3.8, 4) is 0 Å². The maximum atomic E-state index is 13.8. The molecular weight excluding hydrogens is 532 g/mol. The average Bonchev–Trinajstić information content (AvgIpc) is 2.97. The molecule has 3 rings (SSSR count). The van der Waals surface area contributed by atoms with Crippen LogP contribution in [0.2, 0.25) is 0 Å². The second kappa shape index (κ2) is 15.6. The summed E-state index contributed by atoms with van der Waals surface area (Å²) in [4.78, 5) is 43.4. The molecule has 0 spiro atoms. The Labute approximate surface area is 245 Å². The molecule has 0 bridgehead atoms. The van der Waals surface area contributed by atoms with Gasteiger partial charge in [-0.3, -0.25) is 24.8 Å². The fourth-order valence-electron chi connectivity index (χ4n) is 4.50. The molecular formula is C31H38N8O3. The number of hydrogen-bond donors (Lipinski definition) is 7. The molecule has 11 N–H and O–H groups in total. The topological polar surface area (TPSA) is 216 Å². The maximum Gasteiger partial charge on any atom is 0.243 e. The number of amides is 3. The molecule has 220 valence electrons. The van der Waals surface area contributed by atoms with Crippen molar-refractivity contribution in [3.63, 3.8) is 0 Å². The van der Waals surface area contributed by atoms with Crippen LogP contribution in [0.25, 0.3) is 0 Å². The van der Waals surface area contributed by atoms with E-state index < -0.39 is 29.8 Å². The van der Waals surface area contributed by atoms with Gasteiger partial charge >= 0.3 is 0 Å². The first-order valence-electron chi connectivity index (χ1n) is 13.6. The van der Waals surface area contributed by atoms with E-state index in [0.717, 1.165) is 16.7 Å². The van der Waals surface area contributed by atoms with Crippen molar-refractivity contribution in [1.29, 1.82) is 5.41 Å². The molecule has 3 atom stereocenters. The highest BCUT2D eigenvalue weighted by atomic mass is 16.2. The number of nitrogens with zero attached hydrogens (tertiary/aromatic N) is 1. The van der Waals surface area contributed by atoms with E-state index in [1.54, 1.807) is 12.1 Å². The first-order valence-corrected chi connectivity index (χ1v) is 13.6. The van der Waals surface area contributed by atoms with E-state index in [2.05, 4.69) is 15.6 Å². The molecule has 3 aromatic rings. The molecule has 0 saturated heterocycles. The fourth-order valence-corrected chi connectivity index (χ4v) is 4.50. The molecule has 0 aromatic heterocycles. The van der Waals surface area contributed by atoms with Crippen molar-refractivity contribution >= 4 is 29.5 Å². The van der Waals surface area contributed by atoms with Crippen LogP contribution in [0.1, 0.15) is 41.0 Å². The number of aliphatic imine (C=N–C) groups is 1. The molecule has 0 fully saturated rings. The second-order valence-corrected chi connectivity index (χ2v) is 9.94. The lowest BCUT2D eigenvalue weighted by Gasteiger charge is -2.25. The summed E-state index contributed by atoms with van der Waals surface area (Å²) in [5.41, 5.74) is 24.9. The van der Waals surface area contributed by atoms with Crippen LogP contribution in [-0.2, 0) is 27.2 Å². The number of nitrogen functional groups attached to an aromatic ring is 1. The van der Waals surface area contributed by atoms with Crippen molar-refractivity contribution in [2.45, 2.75) is 43.7 Å². The van der Waals surface area contributed by atoms with E-state index in [0.29, 0.717) is 18.4 Å². The standard InChI is InChI=1S/C31H38N8O3/c32-27(33)23-15-13-21(14-16-23)18-24(22-10-5-2-6-11-22)29(41)39-26(19-20-8-3-1-4-9-20)30(42)38-25(28(34)40)12-7-17-37-31(35)36/h1-6,8-11,13-16,24-26H,7,12,17-19H2,(H3,32,33)(H2,34,40)(H,38,42)(H,39,41)(H4,35,36,37)/t24-,25+,26+/m1/s1. The second-order valence-electron chi connectivity index (χ2n) is 9.94. The monoisotopic (exact) mass is 570 g/mol. The van der Waals surface area contributed by atoms with E-state index in [1.165, 1.54) is 0 Å². The summed E-state index contributed by atoms with van der Waals surface area (Å²) < 4.78 is 0. The zero-order valence-electron chi connectivity index (χ0n) is 23.3. The van der Waals surface area contributed by atoms with Gasteiger partial charge in [0.2, 0.25) is 17.7 Å². The van der Waals surface area contributed by atoms with Gasteiger partial charge in [0.1, 0.15) is 17.9 Å². The van der Waals surface area contributed by atoms with Gasteiger partial charge in [0, 0.05) is 18.5 Å². The van der Waals surface area contributed by atoms with Crippen molar-refractivity contribution in [3.05, 3.63) is 107 Å². The third-order valence-electron chi connectivity index (χ3n) is 6.74. The van der Waals surface area contributed by atoms with E-state index in [4.69, 9.17) is 28.3 Å². The number of hydrogen-bond acceptors (Lipinski definition) is 5. The summed E-state index contributed by atoms with van der Waals surface area (Å²) in [6.45, 7) is 0.276. The Kier molecular flexibility index (Phi) is 11.6. The fraction of sp³-hybridized carbons (Fsp3) is 0.258. The van der Waals surface area contributed by atoms with Crippen LogP contribution in [0.5, 0.6) is 0 Å². The Morgan fingerprint density at radius 3 is 1.86 bits per heavy atom. The van der Waals surface area contributed by atoms with E-state index in [9.17, 15) is 14.4 Å². The summed E-state index contributed by atoms with van der Waals surface area (Å²) in [5, 5.41) is 13.3. The number of nitrogens with one attached hydrogen (secondary N) is 3. The maximum absolute atomic E-state index is 13.8. The number of carbonyl (C=O) groups is 3. The number of nitrogens with two attached hydrogens (primary N) is 4. The van der Waals surface area contributed by atoms with Gasteiger partial charge in [-0.25, -0.2) is 0 Å². The Morgan fingerprint density at radius 2 is 1.29 bits per heavy atom. The average molecular weight is 571 g/mol. The van der Waals surface area contributed by atoms with Gasteiger partial charge in [-0.2, -0.15) is 0 Å². The van der Waals surface area contributed by atoms with Crippen molar-refractivity contribution in [2.75, 3.05) is 6.54 Å². The van der Waals surface area contributed by atoms with Gasteiger partial charge in [-0.15, -0.1) is 0 Å². The van der Waals surface area contributed by atoms with E-state index in [-0.39, 0.29) is 37.1 Å². The highest BCUT2D eigenvalue weighted by Gasteiger charge is 2.29. The number of carbonyl (C=O) groups excluding carboxylic acids is 3. The number of rotatable bonds is 15. The van der Waals surface area contributed by atoms with E-state index in [1.807, 2.05) is 72.8 Å². The minimum Gasteiger partial charge on any atom is -0.384 e. The Morgan fingerprint density at radius 1 is 0.714 bits per heavy atom. The third-order valence-corrected chi connectivity index (χ3v) is 6.74. The summed E-state index contributed by atoms with van der Waals surface area (Å²) in [6, 6.07) is 23.7. The molecule has 0 heterocycles. The smallest absolute Gasteiger partial charge is 0.243 e. The quantitative estimate of drug-likeness (QED) is 0.0804. The van der Waals surface area contributed by atoms with Crippen LogP contribution in [0.4, 0.5) is 0 Å². The first kappa shape index (κ1) is 31.3. The lowest BCUT2D eigenvalue weighted by atomic mass is 9.90. The van der Waals surface area contributed by atoms with Crippen molar-refractivity contribution in [2.24, 2.45) is 27.9 Å². The van der Waals surface area contributed by atoms with Gasteiger partial charge in [0.05, 0.1) is 5.92 Å². The SMILES string of the molecule is N=C(N)c1ccc(C[C@@H](C(=O)N[C@@H](Cc2ccccc2)C(=O)N[C@@H](CCCN=C(N)N)C(N)=O)c2ccccc2)cc1. The lowest BCUT2D eigenvalue weighted by molar-refractivity contribution is -0.131. The molecule has 3 amide bonds. The van der Waals surface area contributed by atoms with Crippen LogP contribution < -0.4 is 33.6 Å². The predicted molar refractivity (Wildman–Crippen MR) is 163 cm³/mol. The summed E-state index contributed by atoms with van der Waals surface area (Å²) in [7, 11) is 0. The molecule has 0 aliphatic heterocycles. The zero-order chi connectivity index (χ0) is 30.5. The summed E-state index contributed by atoms with van der Waals surface area (Å²) in [6.07, 6.45) is 1.20. The van der Waals surface area contributed by atoms with Crippen molar-refractivity contribution in [1.82, 2.24) is 10.6 Å². The van der Waals surface area contributed by atoms with Gasteiger partial charge in [0.25, 0.3) is 0 Å². The van der Waals surface area contributed by atoms with Crippen LogP contribution in [-0.4, -0.2) is 48.1 Å². The van der Waals surface area contributed by atoms with Crippen LogP contribution in [0.15, 0.2) is 89.9 Å². The minimum atomic E-state index is -0.981. The van der Waals surface area contributed by atoms with Crippen LogP contribution >= 0.6 is 0 Å². The molecule has 0 aliphatic carbocycles. The summed E-state index contributed by atoms with van der Waals surface area (Å²) in [5.74, 6) is -2.31.